The predicted molar refractivity (Wildman–Crippen MR) is 68.1 cm³/mol. The van der Waals surface area contributed by atoms with Crippen LogP contribution in [0.15, 0.2) is 29.2 Å². The van der Waals surface area contributed by atoms with Crippen molar-refractivity contribution in [3.63, 3.8) is 0 Å². The van der Waals surface area contributed by atoms with Crippen molar-refractivity contribution in [1.29, 1.82) is 0 Å². The molecule has 0 aromatic heterocycles. The minimum Gasteiger partial charge on any atom is -0.378 e. The van der Waals surface area contributed by atoms with Gasteiger partial charge >= 0.3 is 6.03 Å². The van der Waals surface area contributed by atoms with Gasteiger partial charge in [0.05, 0.1) is 23.8 Å². The molecule has 6 heteroatoms. The summed E-state index contributed by atoms with van der Waals surface area (Å²) in [5.41, 5.74) is 6.17. The number of ether oxygens (including phenoxy) is 1. The maximum absolute atomic E-state index is 10.7. The van der Waals surface area contributed by atoms with Crippen LogP contribution in [0.4, 0.5) is 10.5 Å². The van der Waals surface area contributed by atoms with Crippen molar-refractivity contribution in [2.24, 2.45) is 5.73 Å². The van der Waals surface area contributed by atoms with Crippen LogP contribution in [-0.2, 0) is 4.74 Å². The van der Waals surface area contributed by atoms with E-state index in [0.29, 0.717) is 0 Å². The quantitative estimate of drug-likeness (QED) is 0.794. The van der Waals surface area contributed by atoms with Gasteiger partial charge in [0.1, 0.15) is 0 Å². The van der Waals surface area contributed by atoms with Crippen LogP contribution in [-0.4, -0.2) is 32.3 Å². The first-order valence-electron chi connectivity index (χ1n) is 5.41. The molecule has 0 bridgehead atoms. The summed E-state index contributed by atoms with van der Waals surface area (Å²) in [4.78, 5) is 14.0. The van der Waals surface area contributed by atoms with Crippen LogP contribution in [0.2, 0.25) is 0 Å². The van der Waals surface area contributed by atoms with Gasteiger partial charge in [-0.15, -0.1) is 0 Å². The second-order valence-corrected chi connectivity index (χ2v) is 4.48. The number of carbonyl (C=O) groups is 1. The molecule has 0 saturated carbocycles. The van der Waals surface area contributed by atoms with Gasteiger partial charge < -0.3 is 15.4 Å². The zero-order chi connectivity index (χ0) is 12.1. The average molecular weight is 253 g/mol. The third-order valence-corrected chi connectivity index (χ3v) is 3.35. The molecule has 0 unspecified atom stereocenters. The zero-order valence-corrected chi connectivity index (χ0v) is 10.2. The van der Waals surface area contributed by atoms with Gasteiger partial charge in [0.2, 0.25) is 0 Å². The highest BCUT2D eigenvalue weighted by Crippen LogP contribution is 2.28. The normalized spacial score (nSPS) is 15.6. The smallest absolute Gasteiger partial charge is 0.322 e. The van der Waals surface area contributed by atoms with E-state index in [-0.39, 0.29) is 0 Å². The molecule has 1 aromatic carbocycles. The molecule has 92 valence electrons. The Kier molecular flexibility index (Phi) is 4.11. The van der Waals surface area contributed by atoms with Gasteiger partial charge in [-0.2, -0.15) is 0 Å². The molecule has 0 aliphatic carbocycles. The molecule has 1 aromatic rings. The lowest BCUT2D eigenvalue weighted by Crippen LogP contribution is -2.36. The van der Waals surface area contributed by atoms with Crippen LogP contribution in [0, 0.1) is 0 Å². The van der Waals surface area contributed by atoms with Crippen molar-refractivity contribution < 1.29 is 9.53 Å². The zero-order valence-electron chi connectivity index (χ0n) is 9.39. The molecular weight excluding hydrogens is 238 g/mol. The summed E-state index contributed by atoms with van der Waals surface area (Å²) in [6.45, 7) is 3.22. The van der Waals surface area contributed by atoms with Gasteiger partial charge in [-0.25, -0.2) is 4.79 Å². The monoisotopic (exact) mass is 253 g/mol. The lowest BCUT2D eigenvalue weighted by molar-refractivity contribution is 0.122. The van der Waals surface area contributed by atoms with Crippen LogP contribution >= 0.6 is 11.9 Å². The number of hydrogen-bond acceptors (Lipinski definition) is 4. The minimum atomic E-state index is -0.535. The molecule has 3 N–H and O–H groups in total. The van der Waals surface area contributed by atoms with E-state index >= 15 is 0 Å². The number of anilines is 1. The van der Waals surface area contributed by atoms with Crippen molar-refractivity contribution in [3.8, 4) is 0 Å². The number of benzene rings is 1. The second-order valence-electron chi connectivity index (χ2n) is 3.64. The van der Waals surface area contributed by atoms with Gasteiger partial charge in [0, 0.05) is 13.1 Å². The lowest BCUT2D eigenvalue weighted by Gasteiger charge is -2.30. The molecule has 1 heterocycles. The van der Waals surface area contributed by atoms with Gasteiger partial charge in [0.15, 0.2) is 0 Å². The topological polar surface area (TPSA) is 67.6 Å². The molecular formula is C11H15N3O2S. The van der Waals surface area contributed by atoms with Crippen LogP contribution in [0.3, 0.4) is 0 Å². The van der Waals surface area contributed by atoms with Crippen LogP contribution in [0.25, 0.3) is 0 Å². The van der Waals surface area contributed by atoms with E-state index in [0.717, 1.165) is 36.9 Å². The Hall–Kier alpha value is -1.40. The fourth-order valence-electron chi connectivity index (χ4n) is 1.71. The number of para-hydroxylation sites is 1. The maximum atomic E-state index is 10.7. The summed E-state index contributed by atoms with van der Waals surface area (Å²) >= 11 is 1.24. The van der Waals surface area contributed by atoms with Crippen molar-refractivity contribution in [1.82, 2.24) is 4.72 Å². The highest BCUT2D eigenvalue weighted by Gasteiger charge is 2.14. The standard InChI is InChI=1S/C11H15N3O2S/c12-11(15)13-17-10-4-2-1-3-9(10)14-5-7-16-8-6-14/h1-4H,5-8H2,(H3,12,13,15). The molecule has 0 radical (unpaired) electrons. The van der Waals surface area contributed by atoms with Crippen LogP contribution < -0.4 is 15.4 Å². The first kappa shape index (κ1) is 12.1. The number of morpholine rings is 1. The van der Waals surface area contributed by atoms with E-state index in [1.165, 1.54) is 11.9 Å². The number of primary amides is 1. The molecule has 2 amide bonds. The summed E-state index contributed by atoms with van der Waals surface area (Å²) < 4.78 is 7.86. The fraction of sp³-hybridized carbons (Fsp3) is 0.364. The Morgan fingerprint density at radius 1 is 1.35 bits per heavy atom. The number of hydrogen-bond donors (Lipinski definition) is 2. The molecule has 2 rings (SSSR count). The SMILES string of the molecule is NC(=O)NSc1ccccc1N1CCOCC1. The Morgan fingerprint density at radius 2 is 2.06 bits per heavy atom. The van der Waals surface area contributed by atoms with Crippen molar-refractivity contribution in [2.75, 3.05) is 31.2 Å². The van der Waals surface area contributed by atoms with Crippen molar-refractivity contribution in [2.45, 2.75) is 4.90 Å². The lowest BCUT2D eigenvalue weighted by atomic mass is 10.2. The van der Waals surface area contributed by atoms with Gasteiger partial charge in [0.25, 0.3) is 0 Å². The molecule has 0 spiro atoms. The summed E-state index contributed by atoms with van der Waals surface area (Å²) in [5, 5.41) is 0. The Bertz CT molecular complexity index is 394. The Morgan fingerprint density at radius 3 is 2.76 bits per heavy atom. The molecule has 17 heavy (non-hydrogen) atoms. The van der Waals surface area contributed by atoms with E-state index in [2.05, 4.69) is 9.62 Å². The summed E-state index contributed by atoms with van der Waals surface area (Å²) in [5.74, 6) is 0. The molecule has 5 nitrogen and oxygen atoms in total. The number of amides is 2. The van der Waals surface area contributed by atoms with Crippen LogP contribution in [0.1, 0.15) is 0 Å². The second kappa shape index (κ2) is 5.79. The highest BCUT2D eigenvalue weighted by molar-refractivity contribution is 7.98. The van der Waals surface area contributed by atoms with Gasteiger partial charge in [-0.1, -0.05) is 12.1 Å². The van der Waals surface area contributed by atoms with E-state index in [1.807, 2.05) is 24.3 Å². The van der Waals surface area contributed by atoms with E-state index < -0.39 is 6.03 Å². The largest absolute Gasteiger partial charge is 0.378 e. The molecule has 1 fully saturated rings. The summed E-state index contributed by atoms with van der Waals surface area (Å²) in [6.07, 6.45) is 0. The predicted octanol–water partition coefficient (Wildman–Crippen LogP) is 1.20. The number of rotatable bonds is 3. The maximum Gasteiger partial charge on any atom is 0.322 e. The van der Waals surface area contributed by atoms with Gasteiger partial charge in [-0.05, 0) is 24.1 Å². The average Bonchev–Trinajstić information content (AvgIpc) is 2.38. The van der Waals surface area contributed by atoms with E-state index in [9.17, 15) is 4.79 Å². The molecule has 1 aliphatic heterocycles. The number of urea groups is 1. The Labute approximate surface area is 104 Å². The highest BCUT2D eigenvalue weighted by atomic mass is 32.2. The number of nitrogens with two attached hydrogens (primary N) is 1. The number of nitrogens with one attached hydrogen (secondary N) is 1. The van der Waals surface area contributed by atoms with Gasteiger partial charge in [-0.3, -0.25) is 4.72 Å². The van der Waals surface area contributed by atoms with Crippen molar-refractivity contribution >= 4 is 23.7 Å². The summed E-state index contributed by atoms with van der Waals surface area (Å²) in [7, 11) is 0. The van der Waals surface area contributed by atoms with Crippen LogP contribution in [0.5, 0.6) is 0 Å². The molecule has 1 saturated heterocycles. The van der Waals surface area contributed by atoms with E-state index in [1.54, 1.807) is 0 Å². The first-order chi connectivity index (χ1) is 8.27. The Balaban J connectivity index is 2.11. The third-order valence-electron chi connectivity index (χ3n) is 2.48. The van der Waals surface area contributed by atoms with E-state index in [4.69, 9.17) is 10.5 Å². The van der Waals surface area contributed by atoms with Crippen molar-refractivity contribution in [3.05, 3.63) is 24.3 Å². The fourth-order valence-corrected chi connectivity index (χ4v) is 2.37. The third kappa shape index (κ3) is 3.28. The number of carbonyl (C=O) groups excluding carboxylic acids is 1. The minimum absolute atomic E-state index is 0.535. The summed E-state index contributed by atoms with van der Waals surface area (Å²) in [6, 6.07) is 7.39. The number of nitrogens with zero attached hydrogens (tertiary/aromatic N) is 1. The molecule has 1 aliphatic rings. The first-order valence-corrected chi connectivity index (χ1v) is 6.23. The molecule has 0 atom stereocenters.